The first-order valence-electron chi connectivity index (χ1n) is 8.50. The number of nitrogens with zero attached hydrogens (tertiary/aromatic N) is 1. The Kier molecular flexibility index (Phi) is 3.75. The van der Waals surface area contributed by atoms with Gasteiger partial charge in [0.25, 0.3) is 0 Å². The van der Waals surface area contributed by atoms with Crippen molar-refractivity contribution in [2.24, 2.45) is 5.92 Å². The zero-order valence-corrected chi connectivity index (χ0v) is 13.7. The van der Waals surface area contributed by atoms with Gasteiger partial charge in [0.1, 0.15) is 0 Å². The standard InChI is InChI=1S/C17H24N2O2S/c20-22(21,19-10-8-17-15(12-19)7-9-18-17)16-6-5-13-3-1-2-4-14(13)11-16/h5-6,11,15,17-18H,1-4,7-10,12H2. The molecule has 5 heteroatoms. The Hall–Kier alpha value is -0.910. The highest BCUT2D eigenvalue weighted by atomic mass is 32.2. The summed E-state index contributed by atoms with van der Waals surface area (Å²) in [5.74, 6) is 0.487. The van der Waals surface area contributed by atoms with Crippen LogP contribution in [0, 0.1) is 5.92 Å². The first-order valence-corrected chi connectivity index (χ1v) is 9.94. The zero-order chi connectivity index (χ0) is 15.2. The van der Waals surface area contributed by atoms with E-state index in [9.17, 15) is 8.42 Å². The number of benzene rings is 1. The highest BCUT2D eigenvalue weighted by Crippen LogP contribution is 2.30. The normalized spacial score (nSPS) is 29.1. The van der Waals surface area contributed by atoms with Gasteiger partial charge in [-0.3, -0.25) is 0 Å². The summed E-state index contributed by atoms with van der Waals surface area (Å²) in [6.07, 6.45) is 6.55. The molecule has 1 N–H and O–H groups in total. The molecule has 4 nitrogen and oxygen atoms in total. The molecule has 120 valence electrons. The van der Waals surface area contributed by atoms with E-state index in [-0.39, 0.29) is 0 Å². The molecule has 1 aromatic rings. The topological polar surface area (TPSA) is 49.4 Å². The van der Waals surface area contributed by atoms with Gasteiger partial charge in [0.2, 0.25) is 10.0 Å². The molecule has 2 unspecified atom stereocenters. The maximum absolute atomic E-state index is 13.0. The average Bonchev–Trinajstić information content (AvgIpc) is 3.02. The fourth-order valence-corrected chi connectivity index (χ4v) is 5.81. The summed E-state index contributed by atoms with van der Waals surface area (Å²) in [6.45, 7) is 2.35. The minimum atomic E-state index is -3.33. The maximum Gasteiger partial charge on any atom is 0.243 e. The van der Waals surface area contributed by atoms with Gasteiger partial charge in [-0.25, -0.2) is 8.42 Å². The molecule has 0 spiro atoms. The molecular weight excluding hydrogens is 296 g/mol. The van der Waals surface area contributed by atoms with Crippen LogP contribution >= 0.6 is 0 Å². The smallest absolute Gasteiger partial charge is 0.243 e. The third-order valence-corrected chi connectivity index (χ3v) is 7.44. The molecule has 2 atom stereocenters. The minimum absolute atomic E-state index is 0.487. The molecular formula is C17H24N2O2S. The van der Waals surface area contributed by atoms with E-state index in [0.29, 0.717) is 29.9 Å². The molecule has 1 aromatic carbocycles. The van der Waals surface area contributed by atoms with Crippen LogP contribution in [0.2, 0.25) is 0 Å². The number of piperidine rings is 1. The van der Waals surface area contributed by atoms with Crippen LogP contribution < -0.4 is 5.32 Å². The van der Waals surface area contributed by atoms with E-state index in [0.717, 1.165) is 32.2 Å². The molecule has 0 radical (unpaired) electrons. The monoisotopic (exact) mass is 320 g/mol. The number of hydrogen-bond donors (Lipinski definition) is 1. The molecule has 2 heterocycles. The van der Waals surface area contributed by atoms with Crippen LogP contribution in [0.25, 0.3) is 0 Å². The van der Waals surface area contributed by atoms with E-state index in [4.69, 9.17) is 0 Å². The summed E-state index contributed by atoms with van der Waals surface area (Å²) >= 11 is 0. The summed E-state index contributed by atoms with van der Waals surface area (Å²) in [5.41, 5.74) is 2.58. The number of sulfonamides is 1. The SMILES string of the molecule is O=S(=O)(c1ccc2c(c1)CCCC2)N1CCC2NCCC2C1. The molecule has 2 aliphatic heterocycles. The zero-order valence-electron chi connectivity index (χ0n) is 12.9. The lowest BCUT2D eigenvalue weighted by molar-refractivity contribution is 0.247. The minimum Gasteiger partial charge on any atom is -0.314 e. The van der Waals surface area contributed by atoms with Crippen LogP contribution in [-0.2, 0) is 22.9 Å². The Morgan fingerprint density at radius 3 is 2.77 bits per heavy atom. The quantitative estimate of drug-likeness (QED) is 0.906. The van der Waals surface area contributed by atoms with Gasteiger partial charge in [-0.2, -0.15) is 4.31 Å². The fraction of sp³-hybridized carbons (Fsp3) is 0.647. The number of aryl methyl sites for hydroxylation is 2. The second-order valence-electron chi connectivity index (χ2n) is 6.90. The van der Waals surface area contributed by atoms with Crippen LogP contribution in [0.1, 0.15) is 36.8 Å². The van der Waals surface area contributed by atoms with Crippen molar-refractivity contribution < 1.29 is 8.42 Å². The van der Waals surface area contributed by atoms with E-state index in [1.165, 1.54) is 24.0 Å². The van der Waals surface area contributed by atoms with Crippen molar-refractivity contribution in [2.45, 2.75) is 49.5 Å². The Labute approximate surface area is 132 Å². The first kappa shape index (κ1) is 14.7. The molecule has 0 aromatic heterocycles. The third-order valence-electron chi connectivity index (χ3n) is 5.58. The lowest BCUT2D eigenvalue weighted by Gasteiger charge is -2.34. The highest BCUT2D eigenvalue weighted by Gasteiger charge is 2.37. The van der Waals surface area contributed by atoms with E-state index in [1.54, 1.807) is 4.31 Å². The van der Waals surface area contributed by atoms with Gasteiger partial charge in [0.15, 0.2) is 0 Å². The predicted octanol–water partition coefficient (Wildman–Crippen LogP) is 1.94. The van der Waals surface area contributed by atoms with Crippen molar-refractivity contribution in [1.82, 2.24) is 9.62 Å². The Morgan fingerprint density at radius 2 is 1.91 bits per heavy atom. The molecule has 1 aliphatic carbocycles. The van der Waals surface area contributed by atoms with Crippen LogP contribution in [0.5, 0.6) is 0 Å². The largest absolute Gasteiger partial charge is 0.314 e. The Bertz CT molecular complexity index is 671. The molecule has 0 bridgehead atoms. The summed E-state index contributed by atoms with van der Waals surface area (Å²) < 4.78 is 27.6. The number of rotatable bonds is 2. The van der Waals surface area contributed by atoms with Gasteiger partial charge in [0.05, 0.1) is 4.90 Å². The van der Waals surface area contributed by atoms with Crippen molar-refractivity contribution in [3.8, 4) is 0 Å². The van der Waals surface area contributed by atoms with Gasteiger partial charge in [0, 0.05) is 19.1 Å². The van der Waals surface area contributed by atoms with Crippen molar-refractivity contribution in [3.63, 3.8) is 0 Å². The Balaban J connectivity index is 1.60. The van der Waals surface area contributed by atoms with Crippen molar-refractivity contribution in [3.05, 3.63) is 29.3 Å². The van der Waals surface area contributed by atoms with Crippen LogP contribution in [0.3, 0.4) is 0 Å². The van der Waals surface area contributed by atoms with Crippen molar-refractivity contribution >= 4 is 10.0 Å². The van der Waals surface area contributed by atoms with Gasteiger partial charge < -0.3 is 5.32 Å². The predicted molar refractivity (Wildman–Crippen MR) is 86.4 cm³/mol. The number of hydrogen-bond acceptors (Lipinski definition) is 3. The van der Waals surface area contributed by atoms with Crippen LogP contribution in [-0.4, -0.2) is 38.4 Å². The van der Waals surface area contributed by atoms with Crippen LogP contribution in [0.15, 0.2) is 23.1 Å². The lowest BCUT2D eigenvalue weighted by atomic mass is 9.92. The number of nitrogens with one attached hydrogen (secondary N) is 1. The maximum atomic E-state index is 13.0. The second-order valence-corrected chi connectivity index (χ2v) is 8.84. The molecule has 22 heavy (non-hydrogen) atoms. The second kappa shape index (κ2) is 5.62. The summed E-state index contributed by atoms with van der Waals surface area (Å²) in [7, 11) is -3.33. The lowest BCUT2D eigenvalue weighted by Crippen LogP contribution is -2.46. The first-order chi connectivity index (χ1) is 10.6. The average molecular weight is 320 g/mol. The van der Waals surface area contributed by atoms with E-state index < -0.39 is 10.0 Å². The molecule has 2 saturated heterocycles. The fourth-order valence-electron chi connectivity index (χ4n) is 4.25. The number of fused-ring (bicyclic) bond motifs is 2. The van der Waals surface area contributed by atoms with Crippen molar-refractivity contribution in [1.29, 1.82) is 0 Å². The third kappa shape index (κ3) is 2.49. The van der Waals surface area contributed by atoms with Gasteiger partial charge >= 0.3 is 0 Å². The van der Waals surface area contributed by atoms with E-state index in [1.807, 2.05) is 18.2 Å². The highest BCUT2D eigenvalue weighted by molar-refractivity contribution is 7.89. The van der Waals surface area contributed by atoms with E-state index in [2.05, 4.69) is 5.32 Å². The summed E-state index contributed by atoms with van der Waals surface area (Å²) in [5, 5.41) is 3.49. The van der Waals surface area contributed by atoms with Gasteiger partial charge in [-0.05, 0) is 74.2 Å². The molecule has 3 aliphatic rings. The van der Waals surface area contributed by atoms with Gasteiger partial charge in [-0.1, -0.05) is 6.07 Å². The van der Waals surface area contributed by atoms with Crippen LogP contribution in [0.4, 0.5) is 0 Å². The molecule has 0 saturated carbocycles. The molecule has 0 amide bonds. The van der Waals surface area contributed by atoms with E-state index >= 15 is 0 Å². The van der Waals surface area contributed by atoms with Gasteiger partial charge in [-0.15, -0.1) is 0 Å². The Morgan fingerprint density at radius 1 is 1.09 bits per heavy atom. The molecule has 2 fully saturated rings. The summed E-state index contributed by atoms with van der Waals surface area (Å²) in [6, 6.07) is 6.31. The molecule has 4 rings (SSSR count). The summed E-state index contributed by atoms with van der Waals surface area (Å²) in [4.78, 5) is 0.498. The van der Waals surface area contributed by atoms with Crippen molar-refractivity contribution in [2.75, 3.05) is 19.6 Å².